The number of carbonyl (C=O) groups is 1. The first kappa shape index (κ1) is 21.1. The minimum atomic E-state index is -3.19. The molecule has 2 aromatic rings. The van der Waals surface area contributed by atoms with Crippen molar-refractivity contribution >= 4 is 33.2 Å². The maximum Gasteiger partial charge on any atom is 0.253 e. The van der Waals surface area contributed by atoms with Crippen LogP contribution in [0.3, 0.4) is 0 Å². The molecule has 1 amide bonds. The summed E-state index contributed by atoms with van der Waals surface area (Å²) in [5, 5.41) is 6.14. The minimum absolute atomic E-state index is 0.000426. The lowest BCUT2D eigenvalue weighted by Gasteiger charge is -2.30. The van der Waals surface area contributed by atoms with Gasteiger partial charge in [0.15, 0.2) is 5.82 Å². The smallest absolute Gasteiger partial charge is 0.253 e. The summed E-state index contributed by atoms with van der Waals surface area (Å²) in [5.74, 6) is -0.407. The summed E-state index contributed by atoms with van der Waals surface area (Å²) < 4.78 is 39.4. The molecule has 4 rings (SSSR count). The van der Waals surface area contributed by atoms with Crippen LogP contribution < -0.4 is 10.6 Å². The Morgan fingerprint density at radius 1 is 1.33 bits per heavy atom. The van der Waals surface area contributed by atoms with E-state index in [4.69, 9.17) is 0 Å². The number of nitrogens with zero attached hydrogens (tertiary/aromatic N) is 3. The molecule has 2 N–H and O–H groups in total. The number of fused-ring (bicyclic) bond motifs is 1. The quantitative estimate of drug-likeness (QED) is 0.737. The van der Waals surface area contributed by atoms with E-state index in [-0.39, 0.29) is 17.6 Å². The fourth-order valence-electron chi connectivity index (χ4n) is 3.97. The molecule has 0 radical (unpaired) electrons. The lowest BCUT2D eigenvalue weighted by atomic mass is 10.0. The lowest BCUT2D eigenvalue weighted by Crippen LogP contribution is -2.42. The Kier molecular flexibility index (Phi) is 5.10. The number of nitrogens with one attached hydrogen (secondary N) is 2. The zero-order valence-corrected chi connectivity index (χ0v) is 18.9. The molecule has 0 aliphatic carbocycles. The fourth-order valence-corrected chi connectivity index (χ4v) is 6.19. The Morgan fingerprint density at radius 2 is 2.00 bits per heavy atom. The fraction of sp³-hybridized carbons (Fsp3) is 0.526. The molecule has 30 heavy (non-hydrogen) atoms. The number of amides is 1. The van der Waals surface area contributed by atoms with Crippen LogP contribution in [0.4, 0.5) is 10.3 Å². The molecular weight excluding hydrogens is 429 g/mol. The number of aromatic nitrogens is 2. The minimum Gasteiger partial charge on any atom is -0.351 e. The van der Waals surface area contributed by atoms with Crippen LogP contribution in [-0.2, 0) is 15.6 Å². The average Bonchev–Trinajstić information content (AvgIpc) is 3.11. The molecule has 4 heterocycles. The first-order valence-corrected chi connectivity index (χ1v) is 12.3. The zero-order chi connectivity index (χ0) is 21.8. The van der Waals surface area contributed by atoms with Gasteiger partial charge in [-0.15, -0.1) is 11.3 Å². The molecule has 8 nitrogen and oxygen atoms in total. The number of carbonyl (C=O) groups excluding carboxylic acids is 1. The third-order valence-corrected chi connectivity index (χ3v) is 8.51. The summed E-state index contributed by atoms with van der Waals surface area (Å²) in [7, 11) is -3.19. The van der Waals surface area contributed by atoms with Crippen molar-refractivity contribution in [2.75, 3.05) is 24.7 Å². The maximum absolute atomic E-state index is 14.6. The number of thiophene rings is 1. The van der Waals surface area contributed by atoms with Crippen LogP contribution >= 0.6 is 11.3 Å². The zero-order valence-electron chi connectivity index (χ0n) is 17.2. The number of hydrogen-bond donors (Lipinski definition) is 2. The van der Waals surface area contributed by atoms with Crippen LogP contribution in [0.5, 0.6) is 0 Å². The van der Waals surface area contributed by atoms with Gasteiger partial charge in [0.05, 0.1) is 28.4 Å². The molecule has 0 aromatic carbocycles. The first-order valence-electron chi connectivity index (χ1n) is 9.68. The number of rotatable bonds is 4. The van der Waals surface area contributed by atoms with Gasteiger partial charge in [-0.1, -0.05) is 0 Å². The van der Waals surface area contributed by atoms with Gasteiger partial charge in [-0.3, -0.25) is 4.79 Å². The monoisotopic (exact) mass is 453 g/mol. The van der Waals surface area contributed by atoms with Gasteiger partial charge in [0.25, 0.3) is 5.91 Å². The average molecular weight is 454 g/mol. The highest BCUT2D eigenvalue weighted by atomic mass is 32.2. The second-order valence-corrected chi connectivity index (χ2v) is 11.3. The second kappa shape index (κ2) is 7.24. The van der Waals surface area contributed by atoms with Crippen LogP contribution in [0.15, 0.2) is 6.20 Å². The Hall–Kier alpha value is -2.11. The number of halogens is 1. The van der Waals surface area contributed by atoms with Crippen molar-refractivity contribution < 1.29 is 17.6 Å². The molecule has 0 atom stereocenters. The summed E-state index contributed by atoms with van der Waals surface area (Å²) in [4.78, 5) is 22.3. The summed E-state index contributed by atoms with van der Waals surface area (Å²) in [5.41, 5.74) is 0.975. The number of sulfonamides is 1. The highest BCUT2D eigenvalue weighted by Gasteiger charge is 2.40. The lowest BCUT2D eigenvalue weighted by molar-refractivity contribution is 0.0940. The Bertz CT molecular complexity index is 1120. The van der Waals surface area contributed by atoms with Crippen LogP contribution in [0, 0.1) is 12.7 Å². The molecule has 0 spiro atoms. The Labute approximate surface area is 179 Å². The van der Waals surface area contributed by atoms with E-state index in [9.17, 15) is 17.6 Å². The van der Waals surface area contributed by atoms with Crippen LogP contribution in [0.25, 0.3) is 10.6 Å². The SMILES string of the molecule is Cc1c(-c2nc(NC3CCN(S(C)(=O)=O)CC3)ncc2F)sc2c1C(=O)NC2(C)C. The molecule has 0 saturated carbocycles. The van der Waals surface area contributed by atoms with Crippen molar-refractivity contribution in [1.82, 2.24) is 19.6 Å². The van der Waals surface area contributed by atoms with E-state index in [0.29, 0.717) is 47.9 Å². The van der Waals surface area contributed by atoms with E-state index in [1.165, 1.54) is 21.9 Å². The standard InChI is InChI=1S/C19H24FN5O3S2/c1-10-13-16(19(2,3)24-17(13)26)29-15(10)14-12(20)9-21-18(23-14)22-11-5-7-25(8-6-11)30(4,27)28/h9,11H,5-8H2,1-4H3,(H,24,26)(H,21,22,23). The van der Waals surface area contributed by atoms with Crippen molar-refractivity contribution in [3.63, 3.8) is 0 Å². The van der Waals surface area contributed by atoms with Gasteiger partial charge in [-0.2, -0.15) is 0 Å². The van der Waals surface area contributed by atoms with Crippen molar-refractivity contribution in [2.45, 2.75) is 45.2 Å². The molecule has 2 aliphatic rings. The Balaban J connectivity index is 1.59. The predicted molar refractivity (Wildman–Crippen MR) is 114 cm³/mol. The molecule has 0 unspecified atom stereocenters. The molecule has 0 bridgehead atoms. The number of anilines is 1. The van der Waals surface area contributed by atoms with Gasteiger partial charge in [0, 0.05) is 24.0 Å². The molecule has 2 aromatic heterocycles. The van der Waals surface area contributed by atoms with Gasteiger partial charge in [0.2, 0.25) is 16.0 Å². The van der Waals surface area contributed by atoms with Crippen molar-refractivity contribution in [2.24, 2.45) is 0 Å². The van der Waals surface area contributed by atoms with Crippen molar-refractivity contribution in [3.8, 4) is 10.6 Å². The van der Waals surface area contributed by atoms with E-state index in [1.54, 1.807) is 6.92 Å². The van der Waals surface area contributed by atoms with Gasteiger partial charge < -0.3 is 10.6 Å². The first-order chi connectivity index (χ1) is 14.0. The van der Waals surface area contributed by atoms with Gasteiger partial charge in [-0.05, 0) is 39.2 Å². The predicted octanol–water partition coefficient (Wildman–Crippen LogP) is 2.47. The van der Waals surface area contributed by atoms with E-state index in [1.807, 2.05) is 13.8 Å². The van der Waals surface area contributed by atoms with E-state index in [0.717, 1.165) is 11.1 Å². The third kappa shape index (κ3) is 3.69. The van der Waals surface area contributed by atoms with E-state index >= 15 is 0 Å². The van der Waals surface area contributed by atoms with Crippen LogP contribution in [-0.4, -0.2) is 54.0 Å². The molecular formula is C19H24FN5O3S2. The molecule has 11 heteroatoms. The van der Waals surface area contributed by atoms with Gasteiger partial charge >= 0.3 is 0 Å². The van der Waals surface area contributed by atoms with Crippen LogP contribution in [0.2, 0.25) is 0 Å². The van der Waals surface area contributed by atoms with Crippen molar-refractivity contribution in [3.05, 3.63) is 28.0 Å². The third-order valence-electron chi connectivity index (χ3n) is 5.58. The highest BCUT2D eigenvalue weighted by molar-refractivity contribution is 7.88. The molecule has 162 valence electrons. The van der Waals surface area contributed by atoms with Gasteiger partial charge in [-0.25, -0.2) is 27.1 Å². The molecule has 2 aliphatic heterocycles. The van der Waals surface area contributed by atoms with Crippen molar-refractivity contribution in [1.29, 1.82) is 0 Å². The molecule has 1 saturated heterocycles. The molecule has 1 fully saturated rings. The number of hydrogen-bond acceptors (Lipinski definition) is 7. The van der Waals surface area contributed by atoms with E-state index < -0.39 is 21.4 Å². The Morgan fingerprint density at radius 3 is 2.60 bits per heavy atom. The normalized spacial score (nSPS) is 19.6. The summed E-state index contributed by atoms with van der Waals surface area (Å²) in [6.45, 7) is 6.49. The highest BCUT2D eigenvalue weighted by Crippen LogP contribution is 2.44. The second-order valence-electron chi connectivity index (χ2n) is 8.31. The summed E-state index contributed by atoms with van der Waals surface area (Å²) in [6, 6.07) is 0.000426. The summed E-state index contributed by atoms with van der Waals surface area (Å²) in [6.07, 6.45) is 3.57. The van der Waals surface area contributed by atoms with Gasteiger partial charge in [0.1, 0.15) is 5.69 Å². The number of piperidine rings is 1. The van der Waals surface area contributed by atoms with E-state index in [2.05, 4.69) is 20.6 Å². The summed E-state index contributed by atoms with van der Waals surface area (Å²) >= 11 is 1.37. The largest absolute Gasteiger partial charge is 0.351 e. The topological polar surface area (TPSA) is 104 Å². The maximum atomic E-state index is 14.6. The van der Waals surface area contributed by atoms with Crippen LogP contribution in [0.1, 0.15) is 47.5 Å².